The number of benzene rings is 2. The molecule has 0 aliphatic carbocycles. The molecule has 3 rings (SSSR count). The van der Waals surface area contributed by atoms with E-state index in [4.69, 9.17) is 5.53 Å². The molecule has 0 bridgehead atoms. The maximum absolute atomic E-state index is 7.29. The van der Waals surface area contributed by atoms with Crippen molar-refractivity contribution in [1.82, 2.24) is 0 Å². The Hall–Kier alpha value is -2.77. The molecule has 3 heteroatoms. The Morgan fingerprint density at radius 1 is 0.789 bits per heavy atom. The van der Waals surface area contributed by atoms with Crippen LogP contribution in [0.3, 0.4) is 0 Å². The molecule has 3 nitrogen and oxygen atoms in total. The summed E-state index contributed by atoms with van der Waals surface area (Å²) in [7, 11) is 0. The molecule has 19 heavy (non-hydrogen) atoms. The number of rotatable bonds is 2. The van der Waals surface area contributed by atoms with E-state index in [-0.39, 0.29) is 0 Å². The van der Waals surface area contributed by atoms with E-state index >= 15 is 0 Å². The van der Waals surface area contributed by atoms with Crippen LogP contribution < -0.4 is 0 Å². The van der Waals surface area contributed by atoms with Gasteiger partial charge in [-0.15, -0.1) is 0 Å². The molecule has 0 fully saturated rings. The average Bonchev–Trinajstić information content (AvgIpc) is 2.93. The van der Waals surface area contributed by atoms with Crippen molar-refractivity contribution in [2.45, 2.75) is 0 Å². The molecule has 0 atom stereocenters. The van der Waals surface area contributed by atoms with Gasteiger partial charge in [0.05, 0.1) is 22.1 Å². The Morgan fingerprint density at radius 3 is 1.95 bits per heavy atom. The smallest absolute Gasteiger partial charge is 0.239 e. The first-order chi connectivity index (χ1) is 9.38. The maximum atomic E-state index is 7.29. The van der Waals surface area contributed by atoms with Crippen molar-refractivity contribution in [3.05, 3.63) is 77.9 Å². The van der Waals surface area contributed by atoms with Crippen molar-refractivity contribution < 1.29 is 4.79 Å². The number of hydrogen-bond donors (Lipinski definition) is 1. The molecule has 1 aliphatic heterocycles. The van der Waals surface area contributed by atoms with E-state index in [1.807, 2.05) is 66.7 Å². The Bertz CT molecular complexity index is 706. The summed E-state index contributed by atoms with van der Waals surface area (Å²) in [6.45, 7) is 0. The summed E-state index contributed by atoms with van der Waals surface area (Å²) in [6, 6.07) is 19.8. The molecular weight excluding hydrogens is 234 g/mol. The largest absolute Gasteiger partial charge is 0.392 e. The van der Waals surface area contributed by atoms with Crippen molar-refractivity contribution in [1.29, 1.82) is 5.53 Å². The lowest BCUT2D eigenvalue weighted by molar-refractivity contribution is -0.115. The van der Waals surface area contributed by atoms with Crippen molar-refractivity contribution >= 4 is 17.1 Å². The number of hydrogen-bond acceptors (Lipinski definition) is 2. The summed E-state index contributed by atoms with van der Waals surface area (Å²) in [6.07, 6.45) is 1.85. The molecule has 1 heterocycles. The summed E-state index contributed by atoms with van der Waals surface area (Å²) >= 11 is 0. The van der Waals surface area contributed by atoms with Crippen molar-refractivity contribution in [2.75, 3.05) is 0 Å². The lowest BCUT2D eigenvalue weighted by Crippen LogP contribution is -2.10. The quantitative estimate of drug-likeness (QED) is 0.625. The van der Waals surface area contributed by atoms with Crippen LogP contribution in [0.5, 0.6) is 0 Å². The highest BCUT2D eigenvalue weighted by Gasteiger charge is 2.27. The highest BCUT2D eigenvalue weighted by Crippen LogP contribution is 2.22. The number of aliphatic imine (C=N–C) groups is 1. The van der Waals surface area contributed by atoms with E-state index < -0.39 is 0 Å². The molecule has 2 aromatic rings. The molecule has 0 unspecified atom stereocenters. The van der Waals surface area contributed by atoms with E-state index in [9.17, 15) is 0 Å². The van der Waals surface area contributed by atoms with Crippen LogP contribution >= 0.6 is 0 Å². The zero-order chi connectivity index (χ0) is 13.1. The number of allylic oxidation sites excluding steroid dienone is 1. The summed E-state index contributed by atoms with van der Waals surface area (Å²) in [5, 5.41) is 0. The van der Waals surface area contributed by atoms with Crippen LogP contribution in [0.25, 0.3) is 5.70 Å². The predicted molar refractivity (Wildman–Crippen MR) is 75.4 cm³/mol. The summed E-state index contributed by atoms with van der Waals surface area (Å²) in [5.74, 6) is 0. The van der Waals surface area contributed by atoms with E-state index in [1.165, 1.54) is 0 Å². The SMILES string of the molecule is N=[N+]=C1C=C(c2ccccc2)N=C1c1ccccc1. The molecule has 0 aromatic heterocycles. The molecule has 0 spiro atoms. The predicted octanol–water partition coefficient (Wildman–Crippen LogP) is 3.21. The topological polar surface area (TPSA) is 50.3 Å². The van der Waals surface area contributed by atoms with Crippen molar-refractivity contribution in [2.24, 2.45) is 4.99 Å². The first-order valence-corrected chi connectivity index (χ1v) is 6.04. The van der Waals surface area contributed by atoms with E-state index in [2.05, 4.69) is 9.78 Å². The summed E-state index contributed by atoms with van der Waals surface area (Å²) in [4.78, 5) is 8.19. The van der Waals surface area contributed by atoms with Gasteiger partial charge in [0.2, 0.25) is 0 Å². The molecule has 0 saturated heterocycles. The minimum atomic E-state index is 0.602. The van der Waals surface area contributed by atoms with Gasteiger partial charge in [-0.3, -0.25) is 0 Å². The summed E-state index contributed by atoms with van der Waals surface area (Å²) in [5.41, 5.74) is 11.5. The standard InChI is InChI=1S/C16H12N3/c17-19-15-11-14(12-7-3-1-4-8-12)18-16(15)13-9-5-2-6-10-13/h1-11,17H/q+1. The van der Waals surface area contributed by atoms with Gasteiger partial charge in [-0.05, 0) is 0 Å². The van der Waals surface area contributed by atoms with Crippen LogP contribution in [0.2, 0.25) is 0 Å². The minimum Gasteiger partial charge on any atom is -0.239 e. The zero-order valence-corrected chi connectivity index (χ0v) is 10.2. The normalized spacial score (nSPS) is 13.8. The average molecular weight is 246 g/mol. The Labute approximate surface area is 111 Å². The Morgan fingerprint density at radius 2 is 1.37 bits per heavy atom. The fourth-order valence-corrected chi connectivity index (χ4v) is 2.06. The van der Waals surface area contributed by atoms with Crippen LogP contribution in [0.1, 0.15) is 11.1 Å². The van der Waals surface area contributed by atoms with Crippen molar-refractivity contribution in [3.63, 3.8) is 0 Å². The highest BCUT2D eigenvalue weighted by molar-refractivity contribution is 6.53. The van der Waals surface area contributed by atoms with Gasteiger partial charge < -0.3 is 0 Å². The second-order valence-electron chi connectivity index (χ2n) is 4.22. The van der Waals surface area contributed by atoms with Crippen molar-refractivity contribution in [3.8, 4) is 0 Å². The molecule has 0 radical (unpaired) electrons. The highest BCUT2D eigenvalue weighted by atomic mass is 14.9. The molecule has 2 aromatic carbocycles. The third kappa shape index (κ3) is 2.15. The van der Waals surface area contributed by atoms with Gasteiger partial charge in [-0.25, -0.2) is 4.99 Å². The molecule has 0 amide bonds. The van der Waals surface area contributed by atoms with Gasteiger partial charge in [0.25, 0.3) is 0 Å². The van der Waals surface area contributed by atoms with Gasteiger partial charge >= 0.3 is 5.71 Å². The lowest BCUT2D eigenvalue weighted by Gasteiger charge is -1.97. The fourth-order valence-electron chi connectivity index (χ4n) is 2.06. The van der Waals surface area contributed by atoms with Gasteiger partial charge in [-0.2, -0.15) is 0 Å². The number of nitrogens with one attached hydrogen (secondary N) is 1. The second kappa shape index (κ2) is 4.84. The van der Waals surface area contributed by atoms with Crippen LogP contribution in [0, 0.1) is 5.53 Å². The minimum absolute atomic E-state index is 0.602. The van der Waals surface area contributed by atoms with E-state index in [0.29, 0.717) is 5.71 Å². The van der Waals surface area contributed by atoms with Crippen LogP contribution in [0.15, 0.2) is 71.7 Å². The maximum Gasteiger partial charge on any atom is 0.392 e. The first-order valence-electron chi connectivity index (χ1n) is 6.04. The molecule has 1 aliphatic rings. The van der Waals surface area contributed by atoms with Gasteiger partial charge in [-0.1, -0.05) is 60.7 Å². The fraction of sp³-hybridized carbons (Fsp3) is 0. The summed E-state index contributed by atoms with van der Waals surface area (Å²) < 4.78 is 0. The molecule has 0 saturated carbocycles. The van der Waals surface area contributed by atoms with Crippen LogP contribution in [0.4, 0.5) is 0 Å². The van der Waals surface area contributed by atoms with Gasteiger partial charge in [0.15, 0.2) is 5.71 Å². The van der Waals surface area contributed by atoms with E-state index in [1.54, 1.807) is 0 Å². The Balaban J connectivity index is 2.07. The van der Waals surface area contributed by atoms with Gasteiger partial charge in [0.1, 0.15) is 0 Å². The van der Waals surface area contributed by atoms with E-state index in [0.717, 1.165) is 22.5 Å². The second-order valence-corrected chi connectivity index (χ2v) is 4.22. The third-order valence-corrected chi connectivity index (χ3v) is 2.99. The van der Waals surface area contributed by atoms with Crippen LogP contribution in [-0.2, 0) is 0 Å². The van der Waals surface area contributed by atoms with Crippen LogP contribution in [-0.4, -0.2) is 16.2 Å². The zero-order valence-electron chi connectivity index (χ0n) is 10.2. The Kier molecular flexibility index (Phi) is 2.89. The third-order valence-electron chi connectivity index (χ3n) is 2.99. The number of nitrogens with zero attached hydrogens (tertiary/aromatic N) is 2. The monoisotopic (exact) mass is 246 g/mol. The van der Waals surface area contributed by atoms with Gasteiger partial charge in [0, 0.05) is 11.1 Å². The lowest BCUT2D eigenvalue weighted by atomic mass is 10.1. The molecule has 90 valence electrons. The molecule has 1 N–H and O–H groups in total. The first kappa shape index (κ1) is 11.3. The molecular formula is C16H12N3+.